The molecule has 2 aromatic carbocycles. The summed E-state index contributed by atoms with van der Waals surface area (Å²) in [7, 11) is 0. The Kier molecular flexibility index (Phi) is 4.94. The van der Waals surface area contributed by atoms with Crippen molar-refractivity contribution in [3.05, 3.63) is 53.6 Å². The first-order valence-electron chi connectivity index (χ1n) is 9.73. The summed E-state index contributed by atoms with van der Waals surface area (Å²) < 4.78 is 6.25. The lowest BCUT2D eigenvalue weighted by atomic mass is 9.91. The van der Waals surface area contributed by atoms with Crippen LogP contribution in [0.3, 0.4) is 0 Å². The Labute approximate surface area is 164 Å². The van der Waals surface area contributed by atoms with E-state index in [9.17, 15) is 4.79 Å². The number of carbonyl (C=O) groups excluding carboxylic acids is 1. The highest BCUT2D eigenvalue weighted by atomic mass is 16.5. The van der Waals surface area contributed by atoms with Gasteiger partial charge < -0.3 is 15.0 Å². The van der Waals surface area contributed by atoms with Crippen molar-refractivity contribution < 1.29 is 9.53 Å². The van der Waals surface area contributed by atoms with Crippen molar-refractivity contribution in [2.75, 3.05) is 4.90 Å². The zero-order chi connectivity index (χ0) is 19.7. The smallest absolute Gasteiger partial charge is 0.230 e. The maximum atomic E-state index is 12.9. The molecular formula is C22H24N4O2. The highest BCUT2D eigenvalue weighted by Gasteiger charge is 2.39. The third-order valence-electron chi connectivity index (χ3n) is 5.52. The number of carbonyl (C=O) groups is 1. The van der Waals surface area contributed by atoms with Gasteiger partial charge in [-0.05, 0) is 50.8 Å². The molecule has 0 spiro atoms. The van der Waals surface area contributed by atoms with Crippen LogP contribution in [-0.2, 0) is 11.2 Å². The molecule has 144 valence electrons. The number of fused-ring (bicyclic) bond motifs is 1. The number of nitrogens with zero attached hydrogens (tertiary/aromatic N) is 2. The monoisotopic (exact) mass is 376 g/mol. The van der Waals surface area contributed by atoms with Crippen molar-refractivity contribution in [2.45, 2.75) is 44.7 Å². The Morgan fingerprint density at radius 3 is 2.61 bits per heavy atom. The highest BCUT2D eigenvalue weighted by molar-refractivity contribution is 5.98. The summed E-state index contributed by atoms with van der Waals surface area (Å²) in [6.45, 7) is 2.09. The molecule has 0 bridgehead atoms. The molecular weight excluding hydrogens is 352 g/mol. The van der Waals surface area contributed by atoms with Crippen LogP contribution in [0.4, 0.5) is 5.69 Å². The molecule has 1 heterocycles. The van der Waals surface area contributed by atoms with Crippen LogP contribution in [0, 0.1) is 16.9 Å². The second-order valence-electron chi connectivity index (χ2n) is 7.51. The molecule has 4 rings (SSSR count). The van der Waals surface area contributed by atoms with Gasteiger partial charge in [-0.15, -0.1) is 0 Å². The van der Waals surface area contributed by atoms with E-state index >= 15 is 0 Å². The van der Waals surface area contributed by atoms with E-state index in [1.807, 2.05) is 47.4 Å². The van der Waals surface area contributed by atoms with Crippen molar-refractivity contribution in [2.24, 2.45) is 11.0 Å². The number of anilines is 1. The number of rotatable bonds is 6. The summed E-state index contributed by atoms with van der Waals surface area (Å²) in [5.74, 6) is 1.64. The van der Waals surface area contributed by atoms with Crippen molar-refractivity contribution in [3.63, 3.8) is 0 Å². The minimum Gasteiger partial charge on any atom is -0.457 e. The molecule has 2 aromatic rings. The van der Waals surface area contributed by atoms with E-state index in [1.54, 1.807) is 0 Å². The summed E-state index contributed by atoms with van der Waals surface area (Å²) in [5, 5.41) is 11.2. The number of nitrogens with one attached hydrogen (secondary N) is 2. The van der Waals surface area contributed by atoms with Crippen LogP contribution < -0.4 is 9.64 Å². The SMILES string of the molecule is CC1CCc2c(ccc(C(C=N)N=N)c2Oc2ccccc2)N1C(=O)C1CC1. The van der Waals surface area contributed by atoms with Gasteiger partial charge in [-0.2, -0.15) is 5.11 Å². The number of benzene rings is 2. The van der Waals surface area contributed by atoms with E-state index in [0.29, 0.717) is 17.1 Å². The predicted molar refractivity (Wildman–Crippen MR) is 108 cm³/mol. The van der Waals surface area contributed by atoms with Gasteiger partial charge in [0.05, 0.1) is 5.69 Å². The van der Waals surface area contributed by atoms with Crippen LogP contribution in [0.25, 0.3) is 0 Å². The molecule has 0 saturated heterocycles. The highest BCUT2D eigenvalue weighted by Crippen LogP contribution is 2.45. The van der Waals surface area contributed by atoms with E-state index in [4.69, 9.17) is 15.7 Å². The maximum Gasteiger partial charge on any atom is 0.230 e. The van der Waals surface area contributed by atoms with Crippen molar-refractivity contribution in [1.29, 1.82) is 10.9 Å². The van der Waals surface area contributed by atoms with Crippen LogP contribution in [0.2, 0.25) is 0 Å². The van der Waals surface area contributed by atoms with E-state index in [-0.39, 0.29) is 17.9 Å². The van der Waals surface area contributed by atoms with Crippen LogP contribution in [0.1, 0.15) is 43.4 Å². The van der Waals surface area contributed by atoms with Crippen molar-refractivity contribution in [3.8, 4) is 11.5 Å². The Balaban J connectivity index is 1.84. The molecule has 1 fully saturated rings. The average Bonchev–Trinajstić information content (AvgIpc) is 3.56. The molecule has 2 atom stereocenters. The first-order chi connectivity index (χ1) is 13.6. The van der Waals surface area contributed by atoms with E-state index < -0.39 is 6.04 Å². The second-order valence-corrected chi connectivity index (χ2v) is 7.51. The third kappa shape index (κ3) is 3.30. The lowest BCUT2D eigenvalue weighted by molar-refractivity contribution is -0.120. The molecule has 6 heteroatoms. The largest absolute Gasteiger partial charge is 0.457 e. The Hall–Kier alpha value is -3.02. The van der Waals surface area contributed by atoms with E-state index in [0.717, 1.165) is 43.1 Å². The van der Waals surface area contributed by atoms with Crippen LogP contribution in [-0.4, -0.2) is 18.2 Å². The lowest BCUT2D eigenvalue weighted by Gasteiger charge is -2.37. The third-order valence-corrected chi connectivity index (χ3v) is 5.52. The fourth-order valence-corrected chi connectivity index (χ4v) is 3.84. The maximum absolute atomic E-state index is 12.9. The van der Waals surface area contributed by atoms with E-state index in [1.165, 1.54) is 0 Å². The second kappa shape index (κ2) is 7.54. The Morgan fingerprint density at radius 1 is 1.21 bits per heavy atom. The van der Waals surface area contributed by atoms with Gasteiger partial charge in [0.15, 0.2) is 0 Å². The molecule has 2 N–H and O–H groups in total. The summed E-state index contributed by atoms with van der Waals surface area (Å²) in [6.07, 6.45) is 4.72. The van der Waals surface area contributed by atoms with Gasteiger partial charge in [-0.25, -0.2) is 5.53 Å². The molecule has 1 saturated carbocycles. The average molecular weight is 376 g/mol. The molecule has 1 aliphatic heterocycles. The van der Waals surface area contributed by atoms with Gasteiger partial charge >= 0.3 is 0 Å². The summed E-state index contributed by atoms with van der Waals surface area (Å²) >= 11 is 0. The number of hydrogen-bond donors (Lipinski definition) is 2. The van der Waals surface area contributed by atoms with Crippen LogP contribution in [0.15, 0.2) is 47.6 Å². The fraction of sp³-hybridized carbons (Fsp3) is 0.364. The van der Waals surface area contributed by atoms with Gasteiger partial charge in [0.2, 0.25) is 5.91 Å². The van der Waals surface area contributed by atoms with Crippen molar-refractivity contribution >= 4 is 17.8 Å². The zero-order valence-corrected chi connectivity index (χ0v) is 15.9. The molecule has 0 aromatic heterocycles. The van der Waals surface area contributed by atoms with Gasteiger partial charge in [0.1, 0.15) is 17.5 Å². The van der Waals surface area contributed by atoms with Gasteiger partial charge in [0, 0.05) is 29.3 Å². The Bertz CT molecular complexity index is 900. The molecule has 1 amide bonds. The minimum atomic E-state index is -0.698. The summed E-state index contributed by atoms with van der Waals surface area (Å²) in [5.41, 5.74) is 10.0. The molecule has 0 radical (unpaired) electrons. The topological polar surface area (TPSA) is 89.6 Å². The molecule has 6 nitrogen and oxygen atoms in total. The van der Waals surface area contributed by atoms with E-state index in [2.05, 4.69) is 12.0 Å². The number of ether oxygens (including phenoxy) is 1. The number of amides is 1. The first-order valence-corrected chi connectivity index (χ1v) is 9.73. The quantitative estimate of drug-likeness (QED) is 0.530. The fourth-order valence-electron chi connectivity index (χ4n) is 3.84. The molecule has 2 unspecified atom stereocenters. The molecule has 1 aliphatic carbocycles. The van der Waals surface area contributed by atoms with Gasteiger partial charge in [-0.1, -0.05) is 24.3 Å². The minimum absolute atomic E-state index is 0.143. The Morgan fingerprint density at radius 2 is 1.96 bits per heavy atom. The zero-order valence-electron chi connectivity index (χ0n) is 15.9. The first kappa shape index (κ1) is 18.3. The van der Waals surface area contributed by atoms with Crippen molar-refractivity contribution in [1.82, 2.24) is 0 Å². The predicted octanol–water partition coefficient (Wildman–Crippen LogP) is 5.28. The molecule has 2 aliphatic rings. The van der Waals surface area contributed by atoms with Gasteiger partial charge in [0.25, 0.3) is 0 Å². The molecule has 28 heavy (non-hydrogen) atoms. The normalized spacial score (nSPS) is 19.5. The van der Waals surface area contributed by atoms with Crippen LogP contribution >= 0.6 is 0 Å². The van der Waals surface area contributed by atoms with Crippen LogP contribution in [0.5, 0.6) is 11.5 Å². The number of para-hydroxylation sites is 1. The summed E-state index contributed by atoms with van der Waals surface area (Å²) in [6, 6.07) is 12.7. The number of hydrogen-bond acceptors (Lipinski definition) is 5. The van der Waals surface area contributed by atoms with Gasteiger partial charge in [-0.3, -0.25) is 4.79 Å². The lowest BCUT2D eigenvalue weighted by Crippen LogP contribution is -2.43. The standard InChI is InChI=1S/C22H24N4O2/c1-14-7-10-18-20(26(14)22(27)15-8-9-15)12-11-17(19(13-23)25-24)21(18)28-16-5-3-2-4-6-16/h2-6,11-15,19,23-24H,7-10H2,1H3. The summed E-state index contributed by atoms with van der Waals surface area (Å²) in [4.78, 5) is 14.9.